The molecule has 0 aromatic carbocycles. The number of likely N-dealkylation sites (N-methyl/N-ethyl adjacent to an activating group) is 1. The largest absolute Gasteiger partial charge is 0.342 e. The fraction of sp³-hybridized carbons (Fsp3) is 0.700. The third-order valence-corrected chi connectivity index (χ3v) is 2.42. The van der Waals surface area contributed by atoms with Crippen molar-refractivity contribution in [1.29, 1.82) is 0 Å². The Hall–Kier alpha value is -0.830. The zero-order chi connectivity index (χ0) is 9.84. The summed E-state index contributed by atoms with van der Waals surface area (Å²) in [6, 6.07) is 0.713. The van der Waals surface area contributed by atoms with E-state index in [1.165, 1.54) is 12.8 Å². The molecular formula is C10H18N2O. The number of carbonyl (C=O) groups excluding carboxylic acids is 1. The van der Waals surface area contributed by atoms with Gasteiger partial charge < -0.3 is 10.2 Å². The molecule has 1 aliphatic carbocycles. The highest BCUT2D eigenvalue weighted by Crippen LogP contribution is 2.24. The molecule has 0 heterocycles. The van der Waals surface area contributed by atoms with Crippen molar-refractivity contribution in [3.8, 4) is 0 Å². The molecule has 0 spiro atoms. The quantitative estimate of drug-likeness (QED) is 0.637. The predicted molar refractivity (Wildman–Crippen MR) is 53.5 cm³/mol. The normalized spacial score (nSPS) is 18.0. The van der Waals surface area contributed by atoms with Gasteiger partial charge in [-0.15, -0.1) is 6.58 Å². The number of carbonyl (C=O) groups is 1. The third kappa shape index (κ3) is 3.19. The summed E-state index contributed by atoms with van der Waals surface area (Å²) < 4.78 is 0. The Labute approximate surface area is 79.8 Å². The van der Waals surface area contributed by atoms with Crippen LogP contribution in [-0.4, -0.2) is 36.5 Å². The molecule has 1 atom stereocenters. The predicted octanol–water partition coefficient (Wildman–Crippen LogP) is 0.771. The van der Waals surface area contributed by atoms with Gasteiger partial charge in [0.1, 0.15) is 0 Å². The molecule has 0 aromatic heterocycles. The van der Waals surface area contributed by atoms with E-state index in [4.69, 9.17) is 0 Å². The molecule has 1 unspecified atom stereocenters. The number of nitrogens with one attached hydrogen (secondary N) is 1. The first kappa shape index (κ1) is 10.3. The van der Waals surface area contributed by atoms with Crippen LogP contribution in [0.3, 0.4) is 0 Å². The van der Waals surface area contributed by atoms with Crippen molar-refractivity contribution in [3.05, 3.63) is 12.7 Å². The van der Waals surface area contributed by atoms with Gasteiger partial charge in [-0.05, 0) is 19.8 Å². The Balaban J connectivity index is 2.19. The lowest BCUT2D eigenvalue weighted by Crippen LogP contribution is -2.39. The SMILES string of the molecule is C=CC(C)NCC(=O)N(C)C1CC1. The summed E-state index contributed by atoms with van der Waals surface area (Å²) >= 11 is 0. The maximum Gasteiger partial charge on any atom is 0.236 e. The monoisotopic (exact) mass is 182 g/mol. The Kier molecular flexibility index (Phi) is 3.48. The van der Waals surface area contributed by atoms with Gasteiger partial charge in [-0.2, -0.15) is 0 Å². The lowest BCUT2D eigenvalue weighted by atomic mass is 10.3. The van der Waals surface area contributed by atoms with Gasteiger partial charge in [0, 0.05) is 19.1 Å². The van der Waals surface area contributed by atoms with Gasteiger partial charge in [-0.3, -0.25) is 4.79 Å². The first-order chi connectivity index (χ1) is 6.15. The van der Waals surface area contributed by atoms with Crippen molar-refractivity contribution in [1.82, 2.24) is 10.2 Å². The smallest absolute Gasteiger partial charge is 0.236 e. The molecule has 1 N–H and O–H groups in total. The molecule has 1 amide bonds. The van der Waals surface area contributed by atoms with Crippen LogP contribution in [0.5, 0.6) is 0 Å². The lowest BCUT2D eigenvalue weighted by Gasteiger charge is -2.17. The number of rotatable bonds is 5. The van der Waals surface area contributed by atoms with E-state index in [0.29, 0.717) is 12.6 Å². The van der Waals surface area contributed by atoms with E-state index in [1.54, 1.807) is 6.08 Å². The van der Waals surface area contributed by atoms with Gasteiger partial charge in [0.05, 0.1) is 6.54 Å². The Morgan fingerprint density at radius 2 is 2.38 bits per heavy atom. The van der Waals surface area contributed by atoms with E-state index in [-0.39, 0.29) is 11.9 Å². The van der Waals surface area contributed by atoms with E-state index < -0.39 is 0 Å². The molecule has 0 radical (unpaired) electrons. The summed E-state index contributed by atoms with van der Waals surface area (Å²) in [6.07, 6.45) is 4.13. The van der Waals surface area contributed by atoms with E-state index >= 15 is 0 Å². The van der Waals surface area contributed by atoms with Gasteiger partial charge in [0.15, 0.2) is 0 Å². The van der Waals surface area contributed by atoms with Gasteiger partial charge >= 0.3 is 0 Å². The van der Waals surface area contributed by atoms with Crippen molar-refractivity contribution in [2.75, 3.05) is 13.6 Å². The van der Waals surface area contributed by atoms with Crippen molar-refractivity contribution in [2.45, 2.75) is 31.8 Å². The molecule has 3 heteroatoms. The maximum absolute atomic E-state index is 11.5. The van der Waals surface area contributed by atoms with Crippen LogP contribution >= 0.6 is 0 Å². The molecule has 0 bridgehead atoms. The first-order valence-electron chi connectivity index (χ1n) is 4.76. The number of nitrogens with zero attached hydrogens (tertiary/aromatic N) is 1. The van der Waals surface area contributed by atoms with Gasteiger partial charge in [0.2, 0.25) is 5.91 Å². The summed E-state index contributed by atoms with van der Waals surface area (Å²) in [5.74, 6) is 0.177. The van der Waals surface area contributed by atoms with E-state index in [0.717, 1.165) is 0 Å². The second kappa shape index (κ2) is 4.42. The van der Waals surface area contributed by atoms with E-state index in [9.17, 15) is 4.79 Å². The van der Waals surface area contributed by atoms with Gasteiger partial charge in [-0.25, -0.2) is 0 Å². The summed E-state index contributed by atoms with van der Waals surface area (Å²) in [5.41, 5.74) is 0. The van der Waals surface area contributed by atoms with Crippen LogP contribution in [-0.2, 0) is 4.79 Å². The van der Waals surface area contributed by atoms with Crippen molar-refractivity contribution < 1.29 is 4.79 Å². The lowest BCUT2D eigenvalue weighted by molar-refractivity contribution is -0.129. The number of hydrogen-bond acceptors (Lipinski definition) is 2. The average Bonchev–Trinajstić information content (AvgIpc) is 2.95. The van der Waals surface area contributed by atoms with Crippen LogP contribution in [0.4, 0.5) is 0 Å². The molecule has 1 rings (SSSR count). The number of amides is 1. The molecule has 1 saturated carbocycles. The second-order valence-corrected chi connectivity index (χ2v) is 3.64. The molecule has 0 aromatic rings. The van der Waals surface area contributed by atoms with E-state index in [1.807, 2.05) is 18.9 Å². The van der Waals surface area contributed by atoms with Crippen LogP contribution in [0.15, 0.2) is 12.7 Å². The van der Waals surface area contributed by atoms with Crippen LogP contribution < -0.4 is 5.32 Å². The summed E-state index contributed by atoms with van der Waals surface area (Å²) in [4.78, 5) is 13.3. The molecule has 13 heavy (non-hydrogen) atoms. The standard InChI is InChI=1S/C10H18N2O/c1-4-8(2)11-7-10(13)12(3)9-5-6-9/h4,8-9,11H,1,5-7H2,2-3H3. The van der Waals surface area contributed by atoms with Gasteiger partial charge in [0.25, 0.3) is 0 Å². The van der Waals surface area contributed by atoms with Crippen molar-refractivity contribution in [3.63, 3.8) is 0 Å². The van der Waals surface area contributed by atoms with Crippen molar-refractivity contribution in [2.24, 2.45) is 0 Å². The van der Waals surface area contributed by atoms with E-state index in [2.05, 4.69) is 11.9 Å². The van der Waals surface area contributed by atoms with Crippen LogP contribution in [0, 0.1) is 0 Å². The highest BCUT2D eigenvalue weighted by Gasteiger charge is 2.29. The van der Waals surface area contributed by atoms with Crippen molar-refractivity contribution >= 4 is 5.91 Å². The third-order valence-electron chi connectivity index (χ3n) is 2.42. The zero-order valence-corrected chi connectivity index (χ0v) is 8.42. The number of hydrogen-bond donors (Lipinski definition) is 1. The minimum absolute atomic E-state index is 0.177. The molecule has 0 saturated heterocycles. The molecule has 1 aliphatic rings. The van der Waals surface area contributed by atoms with Crippen LogP contribution in [0.1, 0.15) is 19.8 Å². The molecule has 3 nitrogen and oxygen atoms in total. The van der Waals surface area contributed by atoms with Crippen LogP contribution in [0.25, 0.3) is 0 Å². The summed E-state index contributed by atoms with van der Waals surface area (Å²) in [7, 11) is 1.88. The Morgan fingerprint density at radius 1 is 1.77 bits per heavy atom. The molecule has 74 valence electrons. The van der Waals surface area contributed by atoms with Crippen LogP contribution in [0.2, 0.25) is 0 Å². The fourth-order valence-corrected chi connectivity index (χ4v) is 1.12. The second-order valence-electron chi connectivity index (χ2n) is 3.64. The highest BCUT2D eigenvalue weighted by molar-refractivity contribution is 5.78. The molecule has 0 aliphatic heterocycles. The minimum Gasteiger partial charge on any atom is -0.342 e. The van der Waals surface area contributed by atoms with Gasteiger partial charge in [-0.1, -0.05) is 6.08 Å². The first-order valence-corrected chi connectivity index (χ1v) is 4.76. The fourth-order valence-electron chi connectivity index (χ4n) is 1.12. The summed E-state index contributed by atoms with van der Waals surface area (Å²) in [5, 5.41) is 3.09. The zero-order valence-electron chi connectivity index (χ0n) is 8.42. The average molecular weight is 182 g/mol. The molecular weight excluding hydrogens is 164 g/mol. The Morgan fingerprint density at radius 3 is 2.85 bits per heavy atom. The Bertz CT molecular complexity index is 199. The highest BCUT2D eigenvalue weighted by atomic mass is 16.2. The maximum atomic E-state index is 11.5. The minimum atomic E-state index is 0.177. The molecule has 1 fully saturated rings. The summed E-state index contributed by atoms with van der Waals surface area (Å²) in [6.45, 7) is 6.04. The topological polar surface area (TPSA) is 32.3 Å².